The Hall–Kier alpha value is -0.0800. The fourth-order valence-electron chi connectivity index (χ4n) is 3.15. The topological polar surface area (TPSA) is 32.8 Å². The molecule has 126 valence electrons. The first-order valence-corrected chi connectivity index (χ1v) is 9.64. The van der Waals surface area contributed by atoms with Crippen molar-refractivity contribution in [1.29, 1.82) is 0 Å². The van der Waals surface area contributed by atoms with Crippen LogP contribution in [0, 0.1) is 0 Å². The average Bonchev–Trinajstić information content (AvgIpc) is 3.24. The predicted molar refractivity (Wildman–Crippen MR) is 90.7 cm³/mol. The van der Waals surface area contributed by atoms with E-state index in [1.165, 1.54) is 89.9 Å². The van der Waals surface area contributed by atoms with E-state index in [-0.39, 0.29) is 0 Å². The minimum atomic E-state index is 0.362. The Morgan fingerprint density at radius 3 is 1.52 bits per heavy atom. The van der Waals surface area contributed by atoms with E-state index in [0.29, 0.717) is 18.8 Å². The van der Waals surface area contributed by atoms with Crippen LogP contribution in [0.3, 0.4) is 0 Å². The van der Waals surface area contributed by atoms with Crippen LogP contribution < -0.4 is 0 Å². The molecule has 2 unspecified atom stereocenters. The summed E-state index contributed by atoms with van der Waals surface area (Å²) in [6.45, 7) is 2.64. The molecule has 2 atom stereocenters. The van der Waals surface area contributed by atoms with Crippen molar-refractivity contribution in [3.8, 4) is 0 Å². The Balaban J connectivity index is 1.73. The van der Waals surface area contributed by atoms with Gasteiger partial charge in [0, 0.05) is 6.61 Å². The Labute approximate surface area is 132 Å². The van der Waals surface area contributed by atoms with E-state index in [9.17, 15) is 0 Å². The number of hydrogen-bond acceptors (Lipinski definition) is 2. The lowest BCUT2D eigenvalue weighted by Gasteiger charge is -2.01. The molecule has 0 saturated carbocycles. The quantitative estimate of drug-likeness (QED) is 0.296. The molecular weight excluding hydrogens is 260 g/mol. The van der Waals surface area contributed by atoms with Gasteiger partial charge in [0.15, 0.2) is 0 Å². The molecule has 0 bridgehead atoms. The molecule has 0 aromatic rings. The number of aliphatic hydroxyl groups excluding tert-OH is 1. The van der Waals surface area contributed by atoms with Crippen LogP contribution in [0.2, 0.25) is 0 Å². The van der Waals surface area contributed by atoms with E-state index in [0.717, 1.165) is 6.42 Å². The standard InChI is InChI=1S/C19H38O2/c1-2-3-4-9-12-15-18-19(21-18)16-13-10-7-5-6-8-11-14-17-20/h18-20H,2-17H2,1H3. The smallest absolute Gasteiger partial charge is 0.0841 e. The number of aliphatic hydroxyl groups is 1. The van der Waals surface area contributed by atoms with Gasteiger partial charge in [0.25, 0.3) is 0 Å². The molecule has 0 aromatic heterocycles. The SMILES string of the molecule is CCCCCCCC1OC1CCCCCCCCCCO. The highest BCUT2D eigenvalue weighted by molar-refractivity contribution is 4.84. The van der Waals surface area contributed by atoms with E-state index in [1.54, 1.807) is 0 Å². The maximum atomic E-state index is 8.70. The Kier molecular flexibility index (Phi) is 12.3. The monoisotopic (exact) mass is 298 g/mol. The second-order valence-corrected chi connectivity index (χ2v) is 6.76. The summed E-state index contributed by atoms with van der Waals surface area (Å²) < 4.78 is 5.77. The summed E-state index contributed by atoms with van der Waals surface area (Å²) in [5.74, 6) is 0. The molecule has 0 aromatic carbocycles. The lowest BCUT2D eigenvalue weighted by molar-refractivity contribution is 0.282. The minimum Gasteiger partial charge on any atom is -0.396 e. The molecule has 1 heterocycles. The second kappa shape index (κ2) is 13.6. The van der Waals surface area contributed by atoms with Gasteiger partial charge in [0.05, 0.1) is 12.2 Å². The fraction of sp³-hybridized carbons (Fsp3) is 1.00. The van der Waals surface area contributed by atoms with Gasteiger partial charge in [0.1, 0.15) is 0 Å². The molecule has 1 saturated heterocycles. The highest BCUT2D eigenvalue weighted by Crippen LogP contribution is 2.31. The minimum absolute atomic E-state index is 0.362. The van der Waals surface area contributed by atoms with Gasteiger partial charge in [-0.15, -0.1) is 0 Å². The first-order chi connectivity index (χ1) is 10.4. The predicted octanol–water partition coefficient (Wildman–Crippen LogP) is 5.62. The van der Waals surface area contributed by atoms with Gasteiger partial charge >= 0.3 is 0 Å². The zero-order valence-electron chi connectivity index (χ0n) is 14.3. The van der Waals surface area contributed by atoms with Crippen LogP contribution in [0.5, 0.6) is 0 Å². The number of hydrogen-bond donors (Lipinski definition) is 1. The van der Waals surface area contributed by atoms with Crippen molar-refractivity contribution >= 4 is 0 Å². The highest BCUT2D eigenvalue weighted by atomic mass is 16.6. The largest absolute Gasteiger partial charge is 0.396 e. The summed E-state index contributed by atoms with van der Waals surface area (Å²) >= 11 is 0. The first kappa shape index (κ1) is 19.0. The van der Waals surface area contributed by atoms with Crippen molar-refractivity contribution in [3.05, 3.63) is 0 Å². The molecule has 1 aliphatic heterocycles. The summed E-state index contributed by atoms with van der Waals surface area (Å²) in [6, 6.07) is 0. The van der Waals surface area contributed by atoms with Gasteiger partial charge in [-0.2, -0.15) is 0 Å². The maximum Gasteiger partial charge on any atom is 0.0841 e. The summed E-state index contributed by atoms with van der Waals surface area (Å²) in [5.41, 5.74) is 0. The van der Waals surface area contributed by atoms with Crippen LogP contribution >= 0.6 is 0 Å². The van der Waals surface area contributed by atoms with Crippen molar-refractivity contribution < 1.29 is 9.84 Å². The van der Waals surface area contributed by atoms with Crippen LogP contribution in [-0.2, 0) is 4.74 Å². The van der Waals surface area contributed by atoms with Crippen LogP contribution in [0.15, 0.2) is 0 Å². The van der Waals surface area contributed by atoms with Crippen molar-refractivity contribution in [1.82, 2.24) is 0 Å². The maximum absolute atomic E-state index is 8.70. The van der Waals surface area contributed by atoms with Crippen LogP contribution in [0.25, 0.3) is 0 Å². The first-order valence-electron chi connectivity index (χ1n) is 9.64. The zero-order valence-corrected chi connectivity index (χ0v) is 14.3. The lowest BCUT2D eigenvalue weighted by Crippen LogP contribution is -1.94. The number of rotatable bonds is 16. The molecule has 21 heavy (non-hydrogen) atoms. The molecule has 0 aliphatic carbocycles. The third kappa shape index (κ3) is 11.2. The summed E-state index contributed by atoms with van der Waals surface area (Å²) in [7, 11) is 0. The zero-order chi connectivity index (χ0) is 15.2. The third-order valence-electron chi connectivity index (χ3n) is 4.68. The van der Waals surface area contributed by atoms with E-state index in [2.05, 4.69) is 6.92 Å². The van der Waals surface area contributed by atoms with Gasteiger partial charge in [-0.3, -0.25) is 0 Å². The molecule has 0 spiro atoms. The lowest BCUT2D eigenvalue weighted by atomic mass is 10.0. The van der Waals surface area contributed by atoms with Crippen LogP contribution in [-0.4, -0.2) is 23.9 Å². The van der Waals surface area contributed by atoms with E-state index in [1.807, 2.05) is 0 Å². The molecule has 0 amide bonds. The van der Waals surface area contributed by atoms with Gasteiger partial charge in [0.2, 0.25) is 0 Å². The number of epoxide rings is 1. The Bertz CT molecular complexity index is 218. The van der Waals surface area contributed by atoms with Crippen LogP contribution in [0.1, 0.15) is 103 Å². The Morgan fingerprint density at radius 1 is 0.619 bits per heavy atom. The second-order valence-electron chi connectivity index (χ2n) is 6.76. The molecule has 1 aliphatic rings. The van der Waals surface area contributed by atoms with Crippen LogP contribution in [0.4, 0.5) is 0 Å². The number of unbranched alkanes of at least 4 members (excludes halogenated alkanes) is 11. The average molecular weight is 299 g/mol. The Morgan fingerprint density at radius 2 is 1.05 bits per heavy atom. The summed E-state index contributed by atoms with van der Waals surface area (Å²) in [6.07, 6.45) is 21.1. The van der Waals surface area contributed by atoms with Gasteiger partial charge < -0.3 is 9.84 Å². The molecular formula is C19H38O2. The molecule has 1 rings (SSSR count). The molecule has 0 radical (unpaired) electrons. The molecule has 2 nitrogen and oxygen atoms in total. The van der Waals surface area contributed by atoms with E-state index < -0.39 is 0 Å². The molecule has 2 heteroatoms. The van der Waals surface area contributed by atoms with E-state index >= 15 is 0 Å². The molecule has 1 N–H and O–H groups in total. The van der Waals surface area contributed by atoms with Gasteiger partial charge in [-0.05, 0) is 19.3 Å². The van der Waals surface area contributed by atoms with Gasteiger partial charge in [-0.1, -0.05) is 84.0 Å². The highest BCUT2D eigenvalue weighted by Gasteiger charge is 2.36. The summed E-state index contributed by atoms with van der Waals surface area (Å²) in [5, 5.41) is 8.70. The van der Waals surface area contributed by atoms with Crippen molar-refractivity contribution in [2.75, 3.05) is 6.61 Å². The van der Waals surface area contributed by atoms with Crippen molar-refractivity contribution in [2.24, 2.45) is 0 Å². The normalized spacial score (nSPS) is 20.9. The molecule has 1 fully saturated rings. The van der Waals surface area contributed by atoms with E-state index in [4.69, 9.17) is 9.84 Å². The fourth-order valence-corrected chi connectivity index (χ4v) is 3.15. The third-order valence-corrected chi connectivity index (χ3v) is 4.68. The number of ether oxygens (including phenoxy) is 1. The van der Waals surface area contributed by atoms with Crippen molar-refractivity contribution in [2.45, 2.75) is 115 Å². The summed E-state index contributed by atoms with van der Waals surface area (Å²) in [4.78, 5) is 0. The van der Waals surface area contributed by atoms with Gasteiger partial charge in [-0.25, -0.2) is 0 Å². The van der Waals surface area contributed by atoms with Crippen molar-refractivity contribution in [3.63, 3.8) is 0 Å².